The zero-order valence-electron chi connectivity index (χ0n) is 12.3. The fraction of sp³-hybridized carbons (Fsp3) is 0.438. The summed E-state index contributed by atoms with van der Waals surface area (Å²) in [7, 11) is 1.98. The van der Waals surface area contributed by atoms with Crippen LogP contribution >= 0.6 is 0 Å². The Labute approximate surface area is 115 Å². The van der Waals surface area contributed by atoms with Gasteiger partial charge in [-0.3, -0.25) is 4.68 Å². The lowest BCUT2D eigenvalue weighted by Gasteiger charge is -2.16. The van der Waals surface area contributed by atoms with E-state index in [1.54, 1.807) is 0 Å². The Morgan fingerprint density at radius 1 is 1.32 bits per heavy atom. The highest BCUT2D eigenvalue weighted by atomic mass is 15.3. The van der Waals surface area contributed by atoms with Gasteiger partial charge in [-0.25, -0.2) is 0 Å². The van der Waals surface area contributed by atoms with Crippen molar-refractivity contribution in [1.29, 1.82) is 0 Å². The Hall–Kier alpha value is -1.61. The molecule has 2 aromatic rings. The minimum atomic E-state index is 0.353. The number of hydrogen-bond acceptors (Lipinski definition) is 2. The molecule has 102 valence electrons. The first-order valence-corrected chi connectivity index (χ1v) is 6.92. The van der Waals surface area contributed by atoms with Crippen LogP contribution in [-0.2, 0) is 20.0 Å². The Bertz CT molecular complexity index is 543. The molecule has 0 saturated carbocycles. The van der Waals surface area contributed by atoms with E-state index in [-0.39, 0.29) is 0 Å². The normalized spacial score (nSPS) is 12.6. The third-order valence-electron chi connectivity index (χ3n) is 3.58. The molecular weight excluding hydrogens is 234 g/mol. The van der Waals surface area contributed by atoms with Crippen molar-refractivity contribution in [2.24, 2.45) is 7.05 Å². The van der Waals surface area contributed by atoms with E-state index in [4.69, 9.17) is 0 Å². The SMILES string of the molecule is CCc1nn(C)cc1CN[C@@H](C)c1ccccc1C. The number of aryl methyl sites for hydroxylation is 3. The highest BCUT2D eigenvalue weighted by Gasteiger charge is 2.10. The highest BCUT2D eigenvalue weighted by Crippen LogP contribution is 2.17. The van der Waals surface area contributed by atoms with Crippen molar-refractivity contribution in [1.82, 2.24) is 15.1 Å². The number of nitrogens with one attached hydrogen (secondary N) is 1. The maximum Gasteiger partial charge on any atom is 0.0666 e. The van der Waals surface area contributed by atoms with Crippen LogP contribution in [0.1, 0.15) is 42.3 Å². The van der Waals surface area contributed by atoms with Gasteiger partial charge in [0.05, 0.1) is 5.69 Å². The van der Waals surface area contributed by atoms with Gasteiger partial charge < -0.3 is 5.32 Å². The molecule has 0 bridgehead atoms. The molecule has 0 aliphatic carbocycles. The predicted octanol–water partition coefficient (Wildman–Crippen LogP) is 3.14. The summed E-state index contributed by atoms with van der Waals surface area (Å²) in [6, 6.07) is 8.89. The molecular formula is C16H23N3. The van der Waals surface area contributed by atoms with Gasteiger partial charge in [-0.05, 0) is 31.4 Å². The molecule has 3 heteroatoms. The summed E-state index contributed by atoms with van der Waals surface area (Å²) in [6.45, 7) is 7.39. The van der Waals surface area contributed by atoms with Gasteiger partial charge >= 0.3 is 0 Å². The van der Waals surface area contributed by atoms with Crippen molar-refractivity contribution in [3.05, 3.63) is 52.8 Å². The van der Waals surface area contributed by atoms with Crippen molar-refractivity contribution in [2.45, 2.75) is 39.8 Å². The standard InChI is InChI=1S/C16H23N3/c1-5-16-14(11-19(4)18-16)10-17-13(3)15-9-7-6-8-12(15)2/h6-9,11,13,17H,5,10H2,1-4H3/t13-/m0/s1. The van der Waals surface area contributed by atoms with Crippen molar-refractivity contribution >= 4 is 0 Å². The van der Waals surface area contributed by atoms with Crippen molar-refractivity contribution in [3.63, 3.8) is 0 Å². The molecule has 0 radical (unpaired) electrons. The number of rotatable bonds is 5. The first-order chi connectivity index (χ1) is 9.11. The monoisotopic (exact) mass is 257 g/mol. The Kier molecular flexibility index (Phi) is 4.38. The van der Waals surface area contributed by atoms with Crippen LogP contribution < -0.4 is 5.32 Å². The van der Waals surface area contributed by atoms with Crippen LogP contribution in [0.3, 0.4) is 0 Å². The van der Waals surface area contributed by atoms with Crippen LogP contribution in [0.5, 0.6) is 0 Å². The smallest absolute Gasteiger partial charge is 0.0666 e. The first kappa shape index (κ1) is 13.8. The lowest BCUT2D eigenvalue weighted by molar-refractivity contribution is 0.570. The Morgan fingerprint density at radius 3 is 2.74 bits per heavy atom. The lowest BCUT2D eigenvalue weighted by Crippen LogP contribution is -2.19. The molecule has 1 N–H and O–H groups in total. The van der Waals surface area contributed by atoms with Crippen LogP contribution in [0, 0.1) is 6.92 Å². The molecule has 1 aromatic carbocycles. The molecule has 1 aromatic heterocycles. The molecule has 0 aliphatic heterocycles. The molecule has 0 fully saturated rings. The number of hydrogen-bond donors (Lipinski definition) is 1. The molecule has 0 amide bonds. The van der Waals surface area contributed by atoms with E-state index in [0.29, 0.717) is 6.04 Å². The summed E-state index contributed by atoms with van der Waals surface area (Å²) in [6.07, 6.45) is 3.09. The largest absolute Gasteiger partial charge is 0.306 e. The number of benzene rings is 1. The molecule has 0 aliphatic rings. The molecule has 3 nitrogen and oxygen atoms in total. The number of aromatic nitrogens is 2. The molecule has 2 rings (SSSR count). The zero-order valence-corrected chi connectivity index (χ0v) is 12.3. The van der Waals surface area contributed by atoms with E-state index in [9.17, 15) is 0 Å². The van der Waals surface area contributed by atoms with Crippen LogP contribution in [0.15, 0.2) is 30.5 Å². The van der Waals surface area contributed by atoms with E-state index < -0.39 is 0 Å². The Balaban J connectivity index is 2.04. The summed E-state index contributed by atoms with van der Waals surface area (Å²) in [4.78, 5) is 0. The third kappa shape index (κ3) is 3.24. The fourth-order valence-corrected chi connectivity index (χ4v) is 2.47. The van der Waals surface area contributed by atoms with Gasteiger partial charge in [-0.15, -0.1) is 0 Å². The van der Waals surface area contributed by atoms with E-state index in [1.807, 2.05) is 11.7 Å². The lowest BCUT2D eigenvalue weighted by atomic mass is 10.0. The van der Waals surface area contributed by atoms with Gasteiger partial charge in [0, 0.05) is 31.4 Å². The second kappa shape index (κ2) is 6.02. The predicted molar refractivity (Wildman–Crippen MR) is 79.0 cm³/mol. The Morgan fingerprint density at radius 2 is 2.05 bits per heavy atom. The van der Waals surface area contributed by atoms with E-state index >= 15 is 0 Å². The maximum atomic E-state index is 4.47. The van der Waals surface area contributed by atoms with Crippen LogP contribution in [0.25, 0.3) is 0 Å². The summed E-state index contributed by atoms with van der Waals surface area (Å²) in [5, 5.41) is 8.06. The van der Waals surface area contributed by atoms with Crippen LogP contribution in [-0.4, -0.2) is 9.78 Å². The summed E-state index contributed by atoms with van der Waals surface area (Å²) in [5.74, 6) is 0. The average Bonchev–Trinajstić information content (AvgIpc) is 2.77. The quantitative estimate of drug-likeness (QED) is 0.891. The van der Waals surface area contributed by atoms with Gasteiger partial charge in [0.25, 0.3) is 0 Å². The second-order valence-electron chi connectivity index (χ2n) is 5.09. The molecule has 1 atom stereocenters. The van der Waals surface area contributed by atoms with Crippen molar-refractivity contribution < 1.29 is 0 Å². The summed E-state index contributed by atoms with van der Waals surface area (Å²) >= 11 is 0. The van der Waals surface area contributed by atoms with Gasteiger partial charge in [0.2, 0.25) is 0 Å². The van der Waals surface area contributed by atoms with E-state index in [0.717, 1.165) is 13.0 Å². The molecule has 19 heavy (non-hydrogen) atoms. The van der Waals surface area contributed by atoms with Gasteiger partial charge in [-0.1, -0.05) is 31.2 Å². The zero-order chi connectivity index (χ0) is 13.8. The third-order valence-corrected chi connectivity index (χ3v) is 3.58. The minimum absolute atomic E-state index is 0.353. The maximum absolute atomic E-state index is 4.47. The second-order valence-corrected chi connectivity index (χ2v) is 5.09. The molecule has 0 unspecified atom stereocenters. The molecule has 1 heterocycles. The minimum Gasteiger partial charge on any atom is -0.306 e. The topological polar surface area (TPSA) is 29.9 Å². The highest BCUT2D eigenvalue weighted by molar-refractivity contribution is 5.28. The fourth-order valence-electron chi connectivity index (χ4n) is 2.47. The van der Waals surface area contributed by atoms with Gasteiger partial charge in [-0.2, -0.15) is 5.10 Å². The van der Waals surface area contributed by atoms with Crippen LogP contribution in [0.4, 0.5) is 0 Å². The van der Waals surface area contributed by atoms with E-state index in [2.05, 4.69) is 61.6 Å². The first-order valence-electron chi connectivity index (χ1n) is 6.92. The molecule has 0 spiro atoms. The van der Waals surface area contributed by atoms with Gasteiger partial charge in [0.15, 0.2) is 0 Å². The van der Waals surface area contributed by atoms with Crippen molar-refractivity contribution in [2.75, 3.05) is 0 Å². The average molecular weight is 257 g/mol. The van der Waals surface area contributed by atoms with Crippen molar-refractivity contribution in [3.8, 4) is 0 Å². The summed E-state index contributed by atoms with van der Waals surface area (Å²) < 4.78 is 1.90. The summed E-state index contributed by atoms with van der Waals surface area (Å²) in [5.41, 5.74) is 5.19. The molecule has 0 saturated heterocycles. The van der Waals surface area contributed by atoms with E-state index in [1.165, 1.54) is 22.4 Å². The van der Waals surface area contributed by atoms with Crippen LogP contribution in [0.2, 0.25) is 0 Å². The number of nitrogens with zero attached hydrogens (tertiary/aromatic N) is 2. The van der Waals surface area contributed by atoms with Gasteiger partial charge in [0.1, 0.15) is 0 Å².